The van der Waals surface area contributed by atoms with Gasteiger partial charge in [0.25, 0.3) is 5.19 Å². The van der Waals surface area contributed by atoms with E-state index in [2.05, 4.69) is 15.5 Å². The molecule has 0 saturated carbocycles. The number of carbonyl (C=O) groups excluding carboxylic acids is 1. The summed E-state index contributed by atoms with van der Waals surface area (Å²) in [6.45, 7) is 3.86. The minimum Gasteiger partial charge on any atom is -0.466 e. The van der Waals surface area contributed by atoms with Crippen LogP contribution in [0.2, 0.25) is 0 Å². The Kier molecular flexibility index (Phi) is 4.83. The van der Waals surface area contributed by atoms with Crippen LogP contribution >= 0.6 is 23.1 Å². The molecule has 5 nitrogen and oxygen atoms in total. The summed E-state index contributed by atoms with van der Waals surface area (Å²) in [5.74, 6) is 0.328. The Morgan fingerprint density at radius 2 is 2.33 bits per heavy atom. The largest absolute Gasteiger partial charge is 0.466 e. The third kappa shape index (κ3) is 4.48. The lowest BCUT2D eigenvalue weighted by atomic mass is 10.5. The third-order valence-electron chi connectivity index (χ3n) is 1.33. The summed E-state index contributed by atoms with van der Waals surface area (Å²) < 4.78 is 6.10. The van der Waals surface area contributed by atoms with Crippen molar-refractivity contribution in [3.05, 3.63) is 0 Å². The molecule has 1 amide bonds. The highest BCUT2D eigenvalue weighted by atomic mass is 32.2. The zero-order valence-corrected chi connectivity index (χ0v) is 10.4. The quantitative estimate of drug-likeness (QED) is 0.791. The number of nitrogens with zero attached hydrogens (tertiary/aromatic N) is 2. The van der Waals surface area contributed by atoms with Crippen LogP contribution in [0.3, 0.4) is 0 Å². The standard InChI is InChI=1S/C8H13N3O2S2/c1-5(2)13-7-10-11-8(15-7)14-4-6(12)9-3/h5H,4H2,1-3H3,(H,9,12). The molecule has 0 spiro atoms. The van der Waals surface area contributed by atoms with E-state index < -0.39 is 0 Å². The molecule has 0 fully saturated rings. The predicted octanol–water partition coefficient (Wildman–Crippen LogP) is 1.16. The Morgan fingerprint density at radius 1 is 1.60 bits per heavy atom. The van der Waals surface area contributed by atoms with Crippen LogP contribution in [0.1, 0.15) is 13.8 Å². The number of rotatable bonds is 5. The normalized spacial score (nSPS) is 10.4. The molecule has 0 aliphatic heterocycles. The Morgan fingerprint density at radius 3 is 2.93 bits per heavy atom. The first kappa shape index (κ1) is 12.3. The van der Waals surface area contributed by atoms with Gasteiger partial charge in [0.05, 0.1) is 11.9 Å². The second kappa shape index (κ2) is 5.92. The van der Waals surface area contributed by atoms with Gasteiger partial charge in [0, 0.05) is 7.05 Å². The van der Waals surface area contributed by atoms with Crippen molar-refractivity contribution in [3.63, 3.8) is 0 Å². The number of amides is 1. The fourth-order valence-electron chi connectivity index (χ4n) is 0.704. The van der Waals surface area contributed by atoms with Crippen LogP contribution in [-0.2, 0) is 4.79 Å². The van der Waals surface area contributed by atoms with Gasteiger partial charge in [-0.25, -0.2) is 0 Å². The number of carbonyl (C=O) groups is 1. The van der Waals surface area contributed by atoms with Crippen LogP contribution in [0, 0.1) is 0 Å². The zero-order chi connectivity index (χ0) is 11.3. The summed E-state index contributed by atoms with van der Waals surface area (Å²) in [5, 5.41) is 10.8. The van der Waals surface area contributed by atoms with Gasteiger partial charge in [-0.1, -0.05) is 16.9 Å². The van der Waals surface area contributed by atoms with Crippen molar-refractivity contribution >= 4 is 29.0 Å². The van der Waals surface area contributed by atoms with Gasteiger partial charge in [-0.2, -0.15) is 0 Å². The summed E-state index contributed by atoms with van der Waals surface area (Å²) in [6.07, 6.45) is 0.0924. The van der Waals surface area contributed by atoms with Crippen LogP contribution in [-0.4, -0.2) is 35.0 Å². The van der Waals surface area contributed by atoms with E-state index in [9.17, 15) is 4.79 Å². The van der Waals surface area contributed by atoms with Gasteiger partial charge in [0.15, 0.2) is 4.34 Å². The minimum absolute atomic E-state index is 0.0264. The molecule has 1 aromatic rings. The smallest absolute Gasteiger partial charge is 0.295 e. The third-order valence-corrected chi connectivity index (χ3v) is 3.28. The monoisotopic (exact) mass is 247 g/mol. The van der Waals surface area contributed by atoms with Crippen LogP contribution in [0.5, 0.6) is 5.19 Å². The molecule has 0 aromatic carbocycles. The maximum absolute atomic E-state index is 11.0. The molecule has 0 aliphatic carbocycles. The van der Waals surface area contributed by atoms with Gasteiger partial charge in [-0.3, -0.25) is 4.79 Å². The Balaban J connectivity index is 2.42. The van der Waals surface area contributed by atoms with Gasteiger partial charge in [0.2, 0.25) is 5.91 Å². The van der Waals surface area contributed by atoms with Crippen molar-refractivity contribution in [3.8, 4) is 5.19 Å². The average Bonchev–Trinajstić information content (AvgIpc) is 2.61. The molecular weight excluding hydrogens is 234 g/mol. The van der Waals surface area contributed by atoms with Crippen molar-refractivity contribution in [2.45, 2.75) is 24.3 Å². The summed E-state index contributed by atoms with van der Waals surface area (Å²) in [5.41, 5.74) is 0. The summed E-state index contributed by atoms with van der Waals surface area (Å²) in [4.78, 5) is 11.0. The highest BCUT2D eigenvalue weighted by molar-refractivity contribution is 8.01. The molecule has 1 N–H and O–H groups in total. The van der Waals surface area contributed by atoms with E-state index in [-0.39, 0.29) is 12.0 Å². The summed E-state index contributed by atoms with van der Waals surface area (Å²) in [7, 11) is 1.61. The van der Waals surface area contributed by atoms with E-state index in [1.165, 1.54) is 23.1 Å². The molecule has 1 rings (SSSR count). The fraction of sp³-hybridized carbons (Fsp3) is 0.625. The van der Waals surface area contributed by atoms with Gasteiger partial charge < -0.3 is 10.1 Å². The minimum atomic E-state index is -0.0264. The molecule has 84 valence electrons. The van der Waals surface area contributed by atoms with Crippen molar-refractivity contribution < 1.29 is 9.53 Å². The lowest BCUT2D eigenvalue weighted by Crippen LogP contribution is -2.19. The first-order chi connectivity index (χ1) is 7.11. The number of hydrogen-bond donors (Lipinski definition) is 1. The van der Waals surface area contributed by atoms with Crippen LogP contribution < -0.4 is 10.1 Å². The lowest BCUT2D eigenvalue weighted by molar-refractivity contribution is -0.118. The van der Waals surface area contributed by atoms with E-state index in [1.807, 2.05) is 13.8 Å². The highest BCUT2D eigenvalue weighted by Crippen LogP contribution is 2.27. The SMILES string of the molecule is CNC(=O)CSc1nnc(OC(C)C)s1. The molecule has 0 unspecified atom stereocenters. The summed E-state index contributed by atoms with van der Waals surface area (Å²) in [6, 6.07) is 0. The molecule has 15 heavy (non-hydrogen) atoms. The molecule has 0 aliphatic rings. The molecule has 0 bridgehead atoms. The molecule has 0 saturated heterocycles. The van der Waals surface area contributed by atoms with Gasteiger partial charge in [-0.05, 0) is 25.2 Å². The van der Waals surface area contributed by atoms with Crippen LogP contribution in [0.15, 0.2) is 4.34 Å². The maximum atomic E-state index is 11.0. The first-order valence-corrected chi connectivity index (χ1v) is 6.25. The van der Waals surface area contributed by atoms with Crippen molar-refractivity contribution in [1.29, 1.82) is 0 Å². The second-order valence-electron chi connectivity index (χ2n) is 2.96. The molecule has 1 aromatic heterocycles. The lowest BCUT2D eigenvalue weighted by Gasteiger charge is -2.02. The topological polar surface area (TPSA) is 64.1 Å². The maximum Gasteiger partial charge on any atom is 0.295 e. The highest BCUT2D eigenvalue weighted by Gasteiger charge is 2.08. The number of hydrogen-bond acceptors (Lipinski definition) is 6. The average molecular weight is 247 g/mol. The van der Waals surface area contributed by atoms with E-state index in [1.54, 1.807) is 7.05 Å². The van der Waals surface area contributed by atoms with Crippen molar-refractivity contribution in [1.82, 2.24) is 15.5 Å². The second-order valence-corrected chi connectivity index (χ2v) is 5.12. The molecular formula is C8H13N3O2S2. The Labute approximate surface area is 96.6 Å². The Hall–Kier alpha value is -0.820. The van der Waals surface area contributed by atoms with Crippen molar-refractivity contribution in [2.24, 2.45) is 0 Å². The van der Waals surface area contributed by atoms with Crippen molar-refractivity contribution in [2.75, 3.05) is 12.8 Å². The number of nitrogens with one attached hydrogen (secondary N) is 1. The van der Waals surface area contributed by atoms with E-state index >= 15 is 0 Å². The fourth-order valence-corrected chi connectivity index (χ4v) is 2.38. The first-order valence-electron chi connectivity index (χ1n) is 4.45. The van der Waals surface area contributed by atoms with Gasteiger partial charge >= 0.3 is 0 Å². The van der Waals surface area contributed by atoms with Crippen LogP contribution in [0.4, 0.5) is 0 Å². The Bertz CT molecular complexity index is 327. The summed E-state index contributed by atoms with van der Waals surface area (Å²) >= 11 is 2.71. The van der Waals surface area contributed by atoms with Gasteiger partial charge in [-0.15, -0.1) is 5.10 Å². The molecule has 0 radical (unpaired) electrons. The number of ether oxygens (including phenoxy) is 1. The number of thioether (sulfide) groups is 1. The molecule has 0 atom stereocenters. The molecule has 1 heterocycles. The predicted molar refractivity (Wildman–Crippen MR) is 60.5 cm³/mol. The molecule has 7 heteroatoms. The van der Waals surface area contributed by atoms with Crippen LogP contribution in [0.25, 0.3) is 0 Å². The zero-order valence-electron chi connectivity index (χ0n) is 8.81. The van der Waals surface area contributed by atoms with Gasteiger partial charge in [0.1, 0.15) is 0 Å². The van der Waals surface area contributed by atoms with E-state index in [0.717, 1.165) is 4.34 Å². The number of aromatic nitrogens is 2. The van der Waals surface area contributed by atoms with E-state index in [4.69, 9.17) is 4.74 Å². The van der Waals surface area contributed by atoms with E-state index in [0.29, 0.717) is 10.9 Å².